The van der Waals surface area contributed by atoms with Gasteiger partial charge in [0.1, 0.15) is 11.0 Å². The Morgan fingerprint density at radius 3 is 2.63 bits per heavy atom. The summed E-state index contributed by atoms with van der Waals surface area (Å²) in [5.41, 5.74) is 0. The Labute approximate surface area is 164 Å². The van der Waals surface area contributed by atoms with E-state index >= 15 is 0 Å². The first-order valence-corrected chi connectivity index (χ1v) is 10.1. The molecule has 1 aromatic rings. The molecule has 2 aliphatic heterocycles. The second-order valence-corrected chi connectivity index (χ2v) is 7.61. The van der Waals surface area contributed by atoms with Crippen LogP contribution in [0.4, 0.5) is 16.6 Å². The quantitative estimate of drug-likeness (QED) is 0.634. The second-order valence-electron chi connectivity index (χ2n) is 7.22. The molecule has 27 heavy (non-hydrogen) atoms. The van der Waals surface area contributed by atoms with Crippen LogP contribution >= 0.6 is 11.6 Å². The molecular weight excluding hydrogens is 370 g/mol. The Morgan fingerprint density at radius 1 is 1.22 bits per heavy atom. The van der Waals surface area contributed by atoms with Crippen LogP contribution in [0.15, 0.2) is 6.07 Å². The molecule has 0 aromatic carbocycles. The highest BCUT2D eigenvalue weighted by Crippen LogP contribution is 2.27. The van der Waals surface area contributed by atoms with E-state index in [1.807, 2.05) is 0 Å². The maximum absolute atomic E-state index is 11.5. The van der Waals surface area contributed by atoms with Gasteiger partial charge >= 0.3 is 6.09 Å². The van der Waals surface area contributed by atoms with Crippen LogP contribution in [0, 0.1) is 0 Å². The van der Waals surface area contributed by atoms with Crippen molar-refractivity contribution in [1.82, 2.24) is 14.9 Å². The van der Waals surface area contributed by atoms with Gasteiger partial charge in [-0.05, 0) is 32.1 Å². The number of anilines is 2. The summed E-state index contributed by atoms with van der Waals surface area (Å²) >= 11 is 6.24. The van der Waals surface area contributed by atoms with E-state index in [4.69, 9.17) is 16.7 Å². The van der Waals surface area contributed by atoms with E-state index in [2.05, 4.69) is 20.2 Å². The summed E-state index contributed by atoms with van der Waals surface area (Å²) in [7, 11) is 0. The Bertz CT molecular complexity index is 639. The minimum atomic E-state index is -0.931. The molecule has 0 radical (unpaired) electrons. The van der Waals surface area contributed by atoms with Gasteiger partial charge < -0.3 is 25.3 Å². The van der Waals surface area contributed by atoms with Crippen molar-refractivity contribution in [3.63, 3.8) is 0 Å². The molecule has 8 nitrogen and oxygen atoms in total. The van der Waals surface area contributed by atoms with Crippen LogP contribution in [0.2, 0.25) is 5.15 Å². The highest BCUT2D eigenvalue weighted by Gasteiger charge is 2.37. The van der Waals surface area contributed by atoms with Gasteiger partial charge in [-0.3, -0.25) is 0 Å². The van der Waals surface area contributed by atoms with Gasteiger partial charge in [0.15, 0.2) is 0 Å². The number of aromatic nitrogens is 2. The fourth-order valence-electron chi connectivity index (χ4n) is 4.01. The Balaban J connectivity index is 1.74. The maximum atomic E-state index is 11.5. The van der Waals surface area contributed by atoms with Crippen LogP contribution in [0.3, 0.4) is 0 Å². The smallest absolute Gasteiger partial charge is 0.407 e. The monoisotopic (exact) mass is 397 g/mol. The normalized spacial score (nSPS) is 23.3. The average molecular weight is 398 g/mol. The topological polar surface area (TPSA) is 102 Å². The Kier molecular flexibility index (Phi) is 6.95. The fourth-order valence-corrected chi connectivity index (χ4v) is 4.19. The summed E-state index contributed by atoms with van der Waals surface area (Å²) < 4.78 is 0. The molecule has 9 heteroatoms. The lowest BCUT2D eigenvalue weighted by atomic mass is 10.0. The predicted octanol–water partition coefficient (Wildman–Crippen LogP) is 2.82. The van der Waals surface area contributed by atoms with Gasteiger partial charge in [-0.15, -0.1) is 0 Å². The van der Waals surface area contributed by atoms with E-state index in [1.165, 1.54) is 17.7 Å². The standard InChI is InChI=1S/C18H28ClN5O3/c19-15-12-16(23-8-3-1-2-4-9-23)22-17(21-15)20-13-7-10-24(18(26)27)14(13)6-5-11-25/h12-14,25H,1-11H2,(H,26,27)(H,20,21,22)/t13-,14+/m0/s1. The van der Waals surface area contributed by atoms with Gasteiger partial charge in [0.2, 0.25) is 5.95 Å². The van der Waals surface area contributed by atoms with Gasteiger partial charge in [0.05, 0.1) is 12.1 Å². The van der Waals surface area contributed by atoms with Gasteiger partial charge in [-0.2, -0.15) is 4.98 Å². The number of nitrogens with one attached hydrogen (secondary N) is 1. The summed E-state index contributed by atoms with van der Waals surface area (Å²) in [5.74, 6) is 1.26. The number of carbonyl (C=O) groups is 1. The summed E-state index contributed by atoms with van der Waals surface area (Å²) in [4.78, 5) is 24.1. The number of amides is 1. The van der Waals surface area contributed by atoms with Crippen molar-refractivity contribution < 1.29 is 15.0 Å². The maximum Gasteiger partial charge on any atom is 0.407 e. The molecule has 0 saturated carbocycles. The van der Waals surface area contributed by atoms with E-state index in [0.717, 1.165) is 31.7 Å². The third-order valence-electron chi connectivity index (χ3n) is 5.38. The van der Waals surface area contributed by atoms with Crippen molar-refractivity contribution in [3.8, 4) is 0 Å². The number of hydrogen-bond donors (Lipinski definition) is 3. The van der Waals surface area contributed by atoms with Crippen LogP contribution in [0.25, 0.3) is 0 Å². The van der Waals surface area contributed by atoms with Crippen molar-refractivity contribution >= 4 is 29.5 Å². The van der Waals surface area contributed by atoms with Crippen molar-refractivity contribution in [2.24, 2.45) is 0 Å². The molecule has 3 heterocycles. The first kappa shape index (κ1) is 19.9. The number of rotatable bonds is 6. The summed E-state index contributed by atoms with van der Waals surface area (Å²) in [6.07, 6.45) is 5.66. The summed E-state index contributed by atoms with van der Waals surface area (Å²) in [6.45, 7) is 2.43. The molecule has 2 saturated heterocycles. The van der Waals surface area contributed by atoms with E-state index in [-0.39, 0.29) is 18.7 Å². The number of aliphatic hydroxyl groups is 1. The zero-order valence-corrected chi connectivity index (χ0v) is 16.2. The van der Waals surface area contributed by atoms with Gasteiger partial charge in [-0.1, -0.05) is 24.4 Å². The Morgan fingerprint density at radius 2 is 1.96 bits per heavy atom. The number of hydrogen-bond acceptors (Lipinski definition) is 6. The van der Waals surface area contributed by atoms with E-state index in [0.29, 0.717) is 36.9 Å². The third kappa shape index (κ3) is 5.13. The molecule has 2 atom stereocenters. The third-order valence-corrected chi connectivity index (χ3v) is 5.57. The van der Waals surface area contributed by atoms with Gasteiger partial charge in [0.25, 0.3) is 0 Å². The van der Waals surface area contributed by atoms with Crippen molar-refractivity contribution in [2.75, 3.05) is 36.5 Å². The SMILES string of the molecule is O=C(O)N1CC[C@H](Nc2nc(Cl)cc(N3CCCCCC3)n2)[C@H]1CCCO. The molecule has 150 valence electrons. The first-order chi connectivity index (χ1) is 13.1. The molecule has 3 N–H and O–H groups in total. The van der Waals surface area contributed by atoms with Gasteiger partial charge in [-0.25, -0.2) is 9.78 Å². The highest BCUT2D eigenvalue weighted by molar-refractivity contribution is 6.29. The molecule has 0 unspecified atom stereocenters. The number of halogens is 1. The fraction of sp³-hybridized carbons (Fsp3) is 0.722. The zero-order valence-electron chi connectivity index (χ0n) is 15.5. The molecule has 0 bridgehead atoms. The number of aliphatic hydroxyl groups excluding tert-OH is 1. The van der Waals surface area contributed by atoms with Crippen LogP contribution in [-0.4, -0.2) is 69.5 Å². The lowest BCUT2D eigenvalue weighted by Crippen LogP contribution is -2.41. The van der Waals surface area contributed by atoms with E-state index in [9.17, 15) is 9.90 Å². The largest absolute Gasteiger partial charge is 0.465 e. The van der Waals surface area contributed by atoms with Crippen LogP contribution in [0.1, 0.15) is 44.9 Å². The van der Waals surface area contributed by atoms with Gasteiger partial charge in [0, 0.05) is 32.3 Å². The second kappa shape index (κ2) is 9.41. The van der Waals surface area contributed by atoms with Crippen LogP contribution < -0.4 is 10.2 Å². The van der Waals surface area contributed by atoms with Crippen molar-refractivity contribution in [1.29, 1.82) is 0 Å². The average Bonchev–Trinajstić information content (AvgIpc) is 2.84. The Hall–Kier alpha value is -1.80. The lowest BCUT2D eigenvalue weighted by molar-refractivity contribution is 0.134. The van der Waals surface area contributed by atoms with Crippen molar-refractivity contribution in [2.45, 2.75) is 57.0 Å². The summed E-state index contributed by atoms with van der Waals surface area (Å²) in [5, 5.41) is 22.2. The molecule has 2 fully saturated rings. The molecule has 0 spiro atoms. The van der Waals surface area contributed by atoms with Crippen LogP contribution in [0.5, 0.6) is 0 Å². The number of likely N-dealkylation sites (tertiary alicyclic amines) is 1. The van der Waals surface area contributed by atoms with Crippen LogP contribution in [-0.2, 0) is 0 Å². The minimum Gasteiger partial charge on any atom is -0.465 e. The molecule has 2 aliphatic rings. The molecule has 3 rings (SSSR count). The summed E-state index contributed by atoms with van der Waals surface area (Å²) in [6, 6.07) is 1.49. The zero-order chi connectivity index (χ0) is 19.2. The number of nitrogens with zero attached hydrogens (tertiary/aromatic N) is 4. The molecular formula is C18H28ClN5O3. The lowest BCUT2D eigenvalue weighted by Gasteiger charge is -2.27. The molecule has 0 aliphatic carbocycles. The van der Waals surface area contributed by atoms with E-state index < -0.39 is 6.09 Å². The molecule has 1 amide bonds. The highest BCUT2D eigenvalue weighted by atomic mass is 35.5. The predicted molar refractivity (Wildman–Crippen MR) is 105 cm³/mol. The van der Waals surface area contributed by atoms with E-state index in [1.54, 1.807) is 6.07 Å². The minimum absolute atomic E-state index is 0.0451. The molecule has 1 aromatic heterocycles. The first-order valence-electron chi connectivity index (χ1n) is 9.75. The van der Waals surface area contributed by atoms with Crippen molar-refractivity contribution in [3.05, 3.63) is 11.2 Å². The number of carboxylic acid groups (broad SMARTS) is 1.